The molecule has 2 nitrogen and oxygen atoms in total. The first-order chi connectivity index (χ1) is 17.5. The molecule has 0 amide bonds. The normalized spacial score (nSPS) is 11.3. The summed E-state index contributed by atoms with van der Waals surface area (Å²) < 4.78 is 0. The van der Waals surface area contributed by atoms with E-state index in [1.165, 1.54) is 33.4 Å². The fraction of sp³-hybridized carbons (Fsp3) is 0.176. The van der Waals surface area contributed by atoms with Crippen LogP contribution in [0.2, 0.25) is 0 Å². The highest BCUT2D eigenvalue weighted by molar-refractivity contribution is 5.86. The molecule has 0 unspecified atom stereocenters. The third kappa shape index (κ3) is 4.99. The second-order valence-electron chi connectivity index (χ2n) is 9.97. The van der Waals surface area contributed by atoms with Gasteiger partial charge in [0.2, 0.25) is 0 Å². The maximum atomic E-state index is 4.67. The van der Waals surface area contributed by atoms with Crippen LogP contribution >= 0.6 is 0 Å². The van der Waals surface area contributed by atoms with Crippen LogP contribution in [0.4, 0.5) is 0 Å². The Hall–Kier alpha value is -4.04. The molecule has 5 rings (SSSR count). The third-order valence-corrected chi connectivity index (χ3v) is 6.77. The Labute approximate surface area is 214 Å². The lowest BCUT2D eigenvalue weighted by atomic mass is 9.92. The predicted molar refractivity (Wildman–Crippen MR) is 152 cm³/mol. The van der Waals surface area contributed by atoms with Crippen molar-refractivity contribution in [2.45, 2.75) is 39.5 Å². The first-order valence-electron chi connectivity index (χ1n) is 12.7. The third-order valence-electron chi connectivity index (χ3n) is 6.77. The van der Waals surface area contributed by atoms with E-state index < -0.39 is 0 Å². The zero-order chi connectivity index (χ0) is 25.1. The van der Waals surface area contributed by atoms with Crippen LogP contribution < -0.4 is 0 Å². The van der Waals surface area contributed by atoms with Gasteiger partial charge in [0.1, 0.15) is 0 Å². The Morgan fingerprint density at radius 3 is 1.28 bits per heavy atom. The molecule has 0 saturated carbocycles. The van der Waals surface area contributed by atoms with Crippen molar-refractivity contribution < 1.29 is 0 Å². The van der Waals surface area contributed by atoms with Gasteiger partial charge in [0.05, 0.1) is 11.4 Å². The van der Waals surface area contributed by atoms with E-state index in [9.17, 15) is 0 Å². The number of rotatable bonds is 6. The highest BCUT2D eigenvalue weighted by Crippen LogP contribution is 2.35. The quantitative estimate of drug-likeness (QED) is 0.248. The molecule has 3 aromatic carbocycles. The van der Waals surface area contributed by atoms with Crippen LogP contribution in [0.15, 0.2) is 109 Å². The van der Waals surface area contributed by atoms with E-state index in [0.717, 1.165) is 22.5 Å². The van der Waals surface area contributed by atoms with Crippen molar-refractivity contribution >= 4 is 0 Å². The van der Waals surface area contributed by atoms with Gasteiger partial charge in [-0.25, -0.2) is 0 Å². The Morgan fingerprint density at radius 1 is 0.444 bits per heavy atom. The lowest BCUT2D eigenvalue weighted by molar-refractivity contribution is 0.863. The minimum atomic E-state index is 0.471. The van der Waals surface area contributed by atoms with Crippen LogP contribution in [0, 0.1) is 0 Å². The number of pyridine rings is 2. The lowest BCUT2D eigenvalue weighted by Gasteiger charge is -2.13. The molecule has 0 N–H and O–H groups in total. The Morgan fingerprint density at radius 2 is 0.861 bits per heavy atom. The monoisotopic (exact) mass is 468 g/mol. The summed E-state index contributed by atoms with van der Waals surface area (Å²) in [4.78, 5) is 9.33. The van der Waals surface area contributed by atoms with E-state index in [2.05, 4.69) is 135 Å². The van der Waals surface area contributed by atoms with Crippen LogP contribution in [0.3, 0.4) is 0 Å². The fourth-order valence-electron chi connectivity index (χ4n) is 4.61. The van der Waals surface area contributed by atoms with Crippen molar-refractivity contribution in [1.29, 1.82) is 0 Å². The molecule has 2 heterocycles. The van der Waals surface area contributed by atoms with Crippen molar-refractivity contribution in [1.82, 2.24) is 9.97 Å². The molecule has 0 saturated heterocycles. The molecule has 0 aliphatic rings. The first-order valence-corrected chi connectivity index (χ1v) is 12.7. The topological polar surface area (TPSA) is 25.8 Å². The van der Waals surface area contributed by atoms with Crippen molar-refractivity contribution in [3.8, 4) is 44.8 Å². The largest absolute Gasteiger partial charge is 0.256 e. The molecule has 0 aliphatic heterocycles. The molecule has 36 heavy (non-hydrogen) atoms. The minimum absolute atomic E-state index is 0.471. The number of nitrogens with zero attached hydrogens (tertiary/aromatic N) is 2. The molecular weight excluding hydrogens is 436 g/mol. The average Bonchev–Trinajstić information content (AvgIpc) is 2.93. The molecule has 0 atom stereocenters. The smallest absolute Gasteiger partial charge is 0.0705 e. The second kappa shape index (κ2) is 10.3. The van der Waals surface area contributed by atoms with E-state index in [4.69, 9.17) is 0 Å². The first kappa shape index (κ1) is 23.7. The summed E-state index contributed by atoms with van der Waals surface area (Å²) in [5.74, 6) is 0.942. The highest BCUT2D eigenvalue weighted by atomic mass is 14.7. The van der Waals surface area contributed by atoms with Crippen molar-refractivity contribution in [2.24, 2.45) is 0 Å². The number of hydrogen-bond donors (Lipinski definition) is 0. The number of hydrogen-bond acceptors (Lipinski definition) is 2. The van der Waals surface area contributed by atoms with E-state index in [0.29, 0.717) is 11.8 Å². The zero-order valence-corrected chi connectivity index (χ0v) is 21.4. The van der Waals surface area contributed by atoms with Crippen LogP contribution in [0.1, 0.15) is 50.7 Å². The standard InChI is InChI=1S/C34H32N2/c1-23(2)25-15-17-35-33(21-25)29-11-7-9-27(19-29)31-13-5-6-14-32(31)28-10-8-12-30(20-28)34-22-26(24(3)4)16-18-36-34/h5-24H,1-4H3. The van der Waals surface area contributed by atoms with E-state index in [1.807, 2.05) is 12.4 Å². The summed E-state index contributed by atoms with van der Waals surface area (Å²) in [7, 11) is 0. The molecule has 2 heteroatoms. The molecule has 2 aromatic heterocycles. The summed E-state index contributed by atoms with van der Waals surface area (Å²) in [5.41, 5.74) is 11.7. The summed E-state index contributed by atoms with van der Waals surface area (Å²) >= 11 is 0. The van der Waals surface area contributed by atoms with Crippen LogP contribution in [-0.2, 0) is 0 Å². The van der Waals surface area contributed by atoms with Gasteiger partial charge in [0.25, 0.3) is 0 Å². The molecule has 0 bridgehead atoms. The van der Waals surface area contributed by atoms with E-state index in [-0.39, 0.29) is 0 Å². The zero-order valence-electron chi connectivity index (χ0n) is 21.4. The fourth-order valence-corrected chi connectivity index (χ4v) is 4.61. The van der Waals surface area contributed by atoms with Gasteiger partial charge in [0, 0.05) is 23.5 Å². The summed E-state index contributed by atoms with van der Waals surface area (Å²) in [6, 6.07) is 34.7. The minimum Gasteiger partial charge on any atom is -0.256 e. The maximum absolute atomic E-state index is 4.67. The molecule has 0 fully saturated rings. The molecule has 5 aromatic rings. The van der Waals surface area contributed by atoms with Crippen LogP contribution in [-0.4, -0.2) is 9.97 Å². The van der Waals surface area contributed by atoms with Crippen molar-refractivity contribution in [3.63, 3.8) is 0 Å². The van der Waals surface area contributed by atoms with Gasteiger partial charge in [-0.3, -0.25) is 9.97 Å². The molecular formula is C34H32N2. The van der Waals surface area contributed by atoms with Gasteiger partial charge < -0.3 is 0 Å². The van der Waals surface area contributed by atoms with Crippen LogP contribution in [0.25, 0.3) is 44.8 Å². The molecule has 0 radical (unpaired) electrons. The maximum Gasteiger partial charge on any atom is 0.0705 e. The summed E-state index contributed by atoms with van der Waals surface area (Å²) in [6.45, 7) is 8.87. The lowest BCUT2D eigenvalue weighted by Crippen LogP contribution is -1.92. The van der Waals surface area contributed by atoms with Crippen LogP contribution in [0.5, 0.6) is 0 Å². The Balaban J connectivity index is 1.55. The van der Waals surface area contributed by atoms with Gasteiger partial charge >= 0.3 is 0 Å². The molecule has 0 aliphatic carbocycles. The van der Waals surface area contributed by atoms with Crippen molar-refractivity contribution in [2.75, 3.05) is 0 Å². The van der Waals surface area contributed by atoms with Gasteiger partial charge in [-0.1, -0.05) is 88.4 Å². The SMILES string of the molecule is CC(C)c1ccnc(-c2cccc(-c3ccccc3-c3cccc(-c4cc(C(C)C)ccn4)c3)c2)c1. The predicted octanol–water partition coefficient (Wildman–Crippen LogP) is 9.39. The van der Waals surface area contributed by atoms with E-state index >= 15 is 0 Å². The van der Waals surface area contributed by atoms with Gasteiger partial charge in [0.15, 0.2) is 0 Å². The van der Waals surface area contributed by atoms with Gasteiger partial charge in [-0.15, -0.1) is 0 Å². The average molecular weight is 469 g/mol. The Kier molecular flexibility index (Phi) is 6.77. The number of benzene rings is 3. The second-order valence-corrected chi connectivity index (χ2v) is 9.97. The van der Waals surface area contributed by atoms with E-state index in [1.54, 1.807) is 0 Å². The Bertz CT molecular complexity index is 1380. The number of aromatic nitrogens is 2. The van der Waals surface area contributed by atoms with Gasteiger partial charge in [-0.05, 0) is 81.6 Å². The summed E-state index contributed by atoms with van der Waals surface area (Å²) in [5, 5.41) is 0. The van der Waals surface area contributed by atoms with Crippen molar-refractivity contribution in [3.05, 3.63) is 121 Å². The highest BCUT2D eigenvalue weighted by Gasteiger charge is 2.11. The summed E-state index contributed by atoms with van der Waals surface area (Å²) in [6.07, 6.45) is 3.83. The molecule has 178 valence electrons. The molecule has 0 spiro atoms. The van der Waals surface area contributed by atoms with Gasteiger partial charge in [-0.2, -0.15) is 0 Å².